The Labute approximate surface area is 158 Å². The molecule has 2 N–H and O–H groups in total. The molecule has 0 radical (unpaired) electrons. The van der Waals surface area contributed by atoms with Gasteiger partial charge in [0.15, 0.2) is 0 Å². The number of nitrogens with zero attached hydrogens (tertiary/aromatic N) is 1. The van der Waals surface area contributed by atoms with Gasteiger partial charge >= 0.3 is 5.97 Å². The number of nitrogens with one attached hydrogen (secondary N) is 2. The third kappa shape index (κ3) is 4.11. The van der Waals surface area contributed by atoms with Crippen LogP contribution in [-0.2, 0) is 16.0 Å². The Hall–Kier alpha value is -3.28. The van der Waals surface area contributed by atoms with Gasteiger partial charge < -0.3 is 19.9 Å². The van der Waals surface area contributed by atoms with Gasteiger partial charge in [-0.2, -0.15) is 0 Å². The summed E-state index contributed by atoms with van der Waals surface area (Å²) in [7, 11) is 5.14. The van der Waals surface area contributed by atoms with Crippen molar-refractivity contribution in [3.05, 3.63) is 65.9 Å². The minimum absolute atomic E-state index is 0.311. The molecule has 0 aliphatic carbocycles. The van der Waals surface area contributed by atoms with Gasteiger partial charge in [0.1, 0.15) is 6.04 Å². The van der Waals surface area contributed by atoms with Crippen molar-refractivity contribution in [2.75, 3.05) is 26.1 Å². The quantitative estimate of drug-likeness (QED) is 0.659. The minimum Gasteiger partial charge on any atom is -0.467 e. The van der Waals surface area contributed by atoms with Gasteiger partial charge in [-0.25, -0.2) is 4.79 Å². The lowest BCUT2D eigenvalue weighted by atomic mass is 10.0. The maximum absolute atomic E-state index is 12.7. The van der Waals surface area contributed by atoms with E-state index in [-0.39, 0.29) is 5.91 Å². The van der Waals surface area contributed by atoms with Crippen LogP contribution in [0.25, 0.3) is 10.9 Å². The first kappa shape index (κ1) is 18.5. The Balaban J connectivity index is 1.82. The number of hydrogen-bond acceptors (Lipinski definition) is 4. The van der Waals surface area contributed by atoms with Crippen LogP contribution >= 0.6 is 0 Å². The standard InChI is InChI=1S/C21H23N3O3/c1-24(2)16-8-6-7-14(11-16)20(25)23-19(21(26)27-3)12-15-13-22-18-10-5-4-9-17(15)18/h4-11,13,19,22H,12H2,1-3H3,(H,23,25)/t19-/m0/s1. The molecule has 0 bridgehead atoms. The van der Waals surface area contributed by atoms with E-state index in [2.05, 4.69) is 10.3 Å². The van der Waals surface area contributed by atoms with Crippen LogP contribution in [0.1, 0.15) is 15.9 Å². The summed E-state index contributed by atoms with van der Waals surface area (Å²) in [6, 6.07) is 14.3. The zero-order valence-electron chi connectivity index (χ0n) is 15.7. The summed E-state index contributed by atoms with van der Waals surface area (Å²) in [6.45, 7) is 0. The number of carbonyl (C=O) groups excluding carboxylic acids is 2. The van der Waals surface area contributed by atoms with E-state index in [1.807, 2.05) is 61.6 Å². The summed E-state index contributed by atoms with van der Waals surface area (Å²) in [5.41, 5.74) is 3.34. The van der Waals surface area contributed by atoms with Gasteiger partial charge in [-0.05, 0) is 29.8 Å². The van der Waals surface area contributed by atoms with Gasteiger partial charge in [-0.3, -0.25) is 4.79 Å². The normalized spacial score (nSPS) is 11.8. The largest absolute Gasteiger partial charge is 0.467 e. The first-order chi connectivity index (χ1) is 13.0. The lowest BCUT2D eigenvalue weighted by Gasteiger charge is -2.17. The predicted octanol–water partition coefficient (Wildman–Crippen LogP) is 2.75. The van der Waals surface area contributed by atoms with E-state index in [0.717, 1.165) is 22.2 Å². The molecule has 0 aliphatic rings. The molecule has 1 heterocycles. The number of ether oxygens (including phenoxy) is 1. The highest BCUT2D eigenvalue weighted by atomic mass is 16.5. The van der Waals surface area contributed by atoms with E-state index >= 15 is 0 Å². The second kappa shape index (κ2) is 7.95. The highest BCUT2D eigenvalue weighted by molar-refractivity contribution is 5.97. The summed E-state index contributed by atoms with van der Waals surface area (Å²) in [5, 5.41) is 3.83. The molecule has 6 nitrogen and oxygen atoms in total. The molecule has 2 aromatic carbocycles. The molecule has 1 amide bonds. The Bertz CT molecular complexity index is 962. The third-order valence-electron chi connectivity index (χ3n) is 4.51. The van der Waals surface area contributed by atoms with E-state index in [4.69, 9.17) is 4.74 Å². The van der Waals surface area contributed by atoms with Crippen LogP contribution in [0.5, 0.6) is 0 Å². The molecule has 1 atom stereocenters. The summed E-state index contributed by atoms with van der Waals surface area (Å²) in [4.78, 5) is 30.1. The summed E-state index contributed by atoms with van der Waals surface area (Å²) in [5.74, 6) is -0.786. The predicted molar refractivity (Wildman–Crippen MR) is 106 cm³/mol. The van der Waals surface area contributed by atoms with E-state index in [9.17, 15) is 9.59 Å². The van der Waals surface area contributed by atoms with Crippen LogP contribution in [0.2, 0.25) is 0 Å². The lowest BCUT2D eigenvalue weighted by molar-refractivity contribution is -0.142. The summed E-state index contributed by atoms with van der Waals surface area (Å²) >= 11 is 0. The van der Waals surface area contributed by atoms with Gasteiger partial charge in [-0.15, -0.1) is 0 Å². The van der Waals surface area contributed by atoms with Crippen molar-refractivity contribution in [1.82, 2.24) is 10.3 Å². The van der Waals surface area contributed by atoms with E-state index in [1.54, 1.807) is 12.1 Å². The molecule has 0 aliphatic heterocycles. The first-order valence-corrected chi connectivity index (χ1v) is 8.70. The lowest BCUT2D eigenvalue weighted by Crippen LogP contribution is -2.43. The number of fused-ring (bicyclic) bond motifs is 1. The van der Waals surface area contributed by atoms with Crippen LogP contribution in [0, 0.1) is 0 Å². The molecule has 1 aromatic heterocycles. The van der Waals surface area contributed by atoms with Crippen LogP contribution in [0.15, 0.2) is 54.7 Å². The molecule has 27 heavy (non-hydrogen) atoms. The molecular formula is C21H23N3O3. The molecule has 140 valence electrons. The van der Waals surface area contributed by atoms with Crippen molar-refractivity contribution in [2.24, 2.45) is 0 Å². The Morgan fingerprint density at radius 1 is 1.15 bits per heavy atom. The smallest absolute Gasteiger partial charge is 0.328 e. The van der Waals surface area contributed by atoms with E-state index in [1.165, 1.54) is 7.11 Å². The number of aromatic amines is 1. The van der Waals surface area contributed by atoms with Gasteiger partial charge in [0.2, 0.25) is 0 Å². The molecule has 3 aromatic rings. The molecule has 0 saturated heterocycles. The van der Waals surface area contributed by atoms with Gasteiger partial charge in [0.05, 0.1) is 7.11 Å². The van der Waals surface area contributed by atoms with Crippen molar-refractivity contribution >= 4 is 28.5 Å². The minimum atomic E-state index is -0.773. The summed E-state index contributed by atoms with van der Waals surface area (Å²) in [6.07, 6.45) is 2.20. The molecule has 3 rings (SSSR count). The number of carbonyl (C=O) groups is 2. The van der Waals surface area contributed by atoms with Gasteiger partial charge in [0, 0.05) is 48.9 Å². The van der Waals surface area contributed by atoms with Crippen LogP contribution < -0.4 is 10.2 Å². The molecule has 0 saturated carbocycles. The Morgan fingerprint density at radius 3 is 2.67 bits per heavy atom. The Morgan fingerprint density at radius 2 is 1.93 bits per heavy atom. The molecule has 0 unspecified atom stereocenters. The van der Waals surface area contributed by atoms with E-state index < -0.39 is 12.0 Å². The molecule has 0 spiro atoms. The number of H-pyrrole nitrogens is 1. The van der Waals surface area contributed by atoms with Crippen molar-refractivity contribution in [3.8, 4) is 0 Å². The van der Waals surface area contributed by atoms with Crippen LogP contribution in [0.3, 0.4) is 0 Å². The second-order valence-electron chi connectivity index (χ2n) is 6.56. The fourth-order valence-corrected chi connectivity index (χ4v) is 3.02. The van der Waals surface area contributed by atoms with Crippen molar-refractivity contribution in [3.63, 3.8) is 0 Å². The molecular weight excluding hydrogens is 342 g/mol. The number of amides is 1. The van der Waals surface area contributed by atoms with Gasteiger partial charge in [-0.1, -0.05) is 24.3 Å². The maximum atomic E-state index is 12.7. The number of benzene rings is 2. The number of hydrogen-bond donors (Lipinski definition) is 2. The monoisotopic (exact) mass is 365 g/mol. The number of methoxy groups -OCH3 is 1. The Kier molecular flexibility index (Phi) is 5.45. The average molecular weight is 365 g/mol. The first-order valence-electron chi connectivity index (χ1n) is 8.70. The number of rotatable bonds is 6. The van der Waals surface area contributed by atoms with Crippen molar-refractivity contribution in [2.45, 2.75) is 12.5 Å². The van der Waals surface area contributed by atoms with Crippen molar-refractivity contribution in [1.29, 1.82) is 0 Å². The number of aromatic nitrogens is 1. The fourth-order valence-electron chi connectivity index (χ4n) is 3.02. The molecule has 0 fully saturated rings. The van der Waals surface area contributed by atoms with Gasteiger partial charge in [0.25, 0.3) is 5.91 Å². The van der Waals surface area contributed by atoms with Crippen LogP contribution in [0.4, 0.5) is 5.69 Å². The topological polar surface area (TPSA) is 74.4 Å². The highest BCUT2D eigenvalue weighted by Crippen LogP contribution is 2.20. The number of para-hydroxylation sites is 1. The second-order valence-corrected chi connectivity index (χ2v) is 6.56. The maximum Gasteiger partial charge on any atom is 0.328 e. The summed E-state index contributed by atoms with van der Waals surface area (Å²) < 4.78 is 4.90. The van der Waals surface area contributed by atoms with E-state index in [0.29, 0.717) is 12.0 Å². The zero-order chi connectivity index (χ0) is 19.4. The zero-order valence-corrected chi connectivity index (χ0v) is 15.7. The number of esters is 1. The number of anilines is 1. The SMILES string of the molecule is COC(=O)[C@H](Cc1c[nH]c2ccccc12)NC(=O)c1cccc(N(C)C)c1. The molecule has 6 heteroatoms. The average Bonchev–Trinajstić information content (AvgIpc) is 3.09. The van der Waals surface area contributed by atoms with Crippen molar-refractivity contribution < 1.29 is 14.3 Å². The fraction of sp³-hybridized carbons (Fsp3) is 0.238. The highest BCUT2D eigenvalue weighted by Gasteiger charge is 2.24. The third-order valence-corrected chi connectivity index (χ3v) is 4.51. The van der Waals surface area contributed by atoms with Crippen LogP contribution in [-0.4, -0.2) is 44.1 Å².